The number of halogens is 5. The van der Waals surface area contributed by atoms with Crippen molar-refractivity contribution in [3.05, 3.63) is 70.5 Å². The van der Waals surface area contributed by atoms with Gasteiger partial charge in [0.15, 0.2) is 0 Å². The molecule has 2 aromatic heterocycles. The molecule has 2 aliphatic carbocycles. The largest absolute Gasteiger partial charge is 0.534 e. The number of hydrogen-bond acceptors (Lipinski definition) is 6. The molecule has 36 heavy (non-hydrogen) atoms. The van der Waals surface area contributed by atoms with Gasteiger partial charge in [-0.25, -0.2) is 13.8 Å². The number of benzene rings is 1. The third kappa shape index (κ3) is 3.33. The SMILES string of the molecule is Cc1cc(OS(=O)(=O)C(F)(F)F)nc([C@@]23CC[C@@H](c4cc(-c5c(F)cccc5F)nnc42)C3(C)C)c1. The normalized spacial score (nSPS) is 22.5. The van der Waals surface area contributed by atoms with Gasteiger partial charge < -0.3 is 4.18 Å². The summed E-state index contributed by atoms with van der Waals surface area (Å²) >= 11 is 0. The van der Waals surface area contributed by atoms with Gasteiger partial charge in [0.05, 0.1) is 28.1 Å². The second-order valence-corrected chi connectivity index (χ2v) is 11.2. The summed E-state index contributed by atoms with van der Waals surface area (Å²) in [6, 6.07) is 7.85. The highest BCUT2D eigenvalue weighted by atomic mass is 32.2. The average molecular weight is 525 g/mol. The molecular weight excluding hydrogens is 505 g/mol. The van der Waals surface area contributed by atoms with E-state index in [1.165, 1.54) is 6.07 Å². The molecule has 0 radical (unpaired) electrons. The van der Waals surface area contributed by atoms with Crippen molar-refractivity contribution in [2.45, 2.75) is 50.5 Å². The van der Waals surface area contributed by atoms with Gasteiger partial charge in [0, 0.05) is 6.07 Å². The van der Waals surface area contributed by atoms with Crippen molar-refractivity contribution < 1.29 is 34.6 Å². The van der Waals surface area contributed by atoms with Gasteiger partial charge in [0.2, 0.25) is 5.88 Å². The highest BCUT2D eigenvalue weighted by Crippen LogP contribution is 2.69. The Labute approximate surface area is 203 Å². The van der Waals surface area contributed by atoms with E-state index in [1.54, 1.807) is 19.1 Å². The lowest BCUT2D eigenvalue weighted by Gasteiger charge is -2.37. The molecule has 1 aromatic carbocycles. The van der Waals surface area contributed by atoms with E-state index >= 15 is 0 Å². The Morgan fingerprint density at radius 3 is 2.36 bits per heavy atom. The van der Waals surface area contributed by atoms with E-state index in [4.69, 9.17) is 0 Å². The number of nitrogens with zero attached hydrogens (tertiary/aromatic N) is 3. The smallest absolute Gasteiger partial charge is 0.355 e. The zero-order valence-corrected chi connectivity index (χ0v) is 20.1. The van der Waals surface area contributed by atoms with Crippen LogP contribution in [0.3, 0.4) is 0 Å². The van der Waals surface area contributed by atoms with Gasteiger partial charge in [-0.1, -0.05) is 19.9 Å². The number of hydrogen-bond donors (Lipinski definition) is 0. The summed E-state index contributed by atoms with van der Waals surface area (Å²) in [5.41, 5.74) is -5.45. The minimum atomic E-state index is -5.92. The summed E-state index contributed by atoms with van der Waals surface area (Å²) in [4.78, 5) is 4.20. The molecule has 5 rings (SSSR count). The monoisotopic (exact) mass is 525 g/mol. The maximum atomic E-state index is 14.4. The fourth-order valence-electron chi connectivity index (χ4n) is 5.81. The molecule has 1 fully saturated rings. The molecule has 3 aromatic rings. The maximum Gasteiger partial charge on any atom is 0.534 e. The second kappa shape index (κ2) is 7.67. The van der Waals surface area contributed by atoms with E-state index in [0.717, 1.165) is 18.2 Å². The van der Waals surface area contributed by atoms with Crippen molar-refractivity contribution >= 4 is 10.1 Å². The van der Waals surface area contributed by atoms with E-state index < -0.39 is 44.0 Å². The fourth-order valence-corrected chi connectivity index (χ4v) is 6.22. The van der Waals surface area contributed by atoms with Crippen molar-refractivity contribution in [3.8, 4) is 17.1 Å². The molecule has 0 unspecified atom stereocenters. The molecular formula is C24H20F5N3O3S. The lowest BCUT2D eigenvalue weighted by atomic mass is 9.66. The van der Waals surface area contributed by atoms with Crippen molar-refractivity contribution in [2.75, 3.05) is 0 Å². The molecule has 2 heterocycles. The third-order valence-electron chi connectivity index (χ3n) is 7.46. The van der Waals surface area contributed by atoms with Crippen LogP contribution in [-0.4, -0.2) is 29.1 Å². The lowest BCUT2D eigenvalue weighted by molar-refractivity contribution is -0.0501. The number of aryl methyl sites for hydroxylation is 1. The highest BCUT2D eigenvalue weighted by molar-refractivity contribution is 7.87. The summed E-state index contributed by atoms with van der Waals surface area (Å²) in [5, 5.41) is 8.46. The Morgan fingerprint density at radius 1 is 1.06 bits per heavy atom. The molecule has 0 saturated heterocycles. The molecule has 0 N–H and O–H groups in total. The zero-order chi connectivity index (χ0) is 26.3. The lowest BCUT2D eigenvalue weighted by Crippen LogP contribution is -2.38. The molecule has 0 spiro atoms. The molecule has 1 saturated carbocycles. The minimum absolute atomic E-state index is 0.0281. The van der Waals surface area contributed by atoms with Crippen molar-refractivity contribution in [2.24, 2.45) is 5.41 Å². The van der Waals surface area contributed by atoms with Gasteiger partial charge in [-0.15, -0.1) is 5.10 Å². The molecule has 2 bridgehead atoms. The van der Waals surface area contributed by atoms with Gasteiger partial charge in [0.25, 0.3) is 0 Å². The predicted molar refractivity (Wildman–Crippen MR) is 118 cm³/mol. The Hall–Kier alpha value is -3.15. The van der Waals surface area contributed by atoms with Crippen LogP contribution >= 0.6 is 0 Å². The summed E-state index contributed by atoms with van der Waals surface area (Å²) in [6.07, 6.45) is 1.17. The molecule has 0 amide bonds. The molecule has 2 atom stereocenters. The van der Waals surface area contributed by atoms with Crippen LogP contribution in [0, 0.1) is 24.0 Å². The number of rotatable bonds is 4. The van der Waals surface area contributed by atoms with Gasteiger partial charge in [-0.05, 0) is 66.5 Å². The number of fused-ring (bicyclic) bond motifs is 5. The van der Waals surface area contributed by atoms with Crippen molar-refractivity contribution in [1.29, 1.82) is 0 Å². The summed E-state index contributed by atoms with van der Waals surface area (Å²) < 4.78 is 95.1. The predicted octanol–water partition coefficient (Wildman–Crippen LogP) is 5.56. The Bertz CT molecular complexity index is 1490. The van der Waals surface area contributed by atoms with Crippen LogP contribution in [0.15, 0.2) is 36.4 Å². The Balaban J connectivity index is 1.66. The topological polar surface area (TPSA) is 82.0 Å². The van der Waals surface area contributed by atoms with Crippen LogP contribution in [-0.2, 0) is 15.5 Å². The summed E-state index contributed by atoms with van der Waals surface area (Å²) in [6.45, 7) is 5.49. The van der Waals surface area contributed by atoms with Crippen LogP contribution in [0.25, 0.3) is 11.3 Å². The number of aromatic nitrogens is 3. The Morgan fingerprint density at radius 2 is 1.72 bits per heavy atom. The van der Waals surface area contributed by atoms with Crippen LogP contribution in [0.4, 0.5) is 22.0 Å². The van der Waals surface area contributed by atoms with Crippen LogP contribution in [0.5, 0.6) is 5.88 Å². The fraction of sp³-hybridized carbons (Fsp3) is 0.375. The number of pyridine rings is 1. The molecule has 6 nitrogen and oxygen atoms in total. The van der Waals surface area contributed by atoms with Gasteiger partial charge in [-0.3, -0.25) is 0 Å². The van der Waals surface area contributed by atoms with E-state index in [-0.39, 0.29) is 17.2 Å². The summed E-state index contributed by atoms with van der Waals surface area (Å²) in [5.74, 6) is -2.38. The van der Waals surface area contributed by atoms with Crippen LogP contribution in [0.2, 0.25) is 0 Å². The average Bonchev–Trinajstić information content (AvgIpc) is 3.13. The first kappa shape index (κ1) is 24.5. The quantitative estimate of drug-likeness (QED) is 0.252. The van der Waals surface area contributed by atoms with Gasteiger partial charge in [0.1, 0.15) is 11.6 Å². The first-order chi connectivity index (χ1) is 16.7. The molecule has 0 aliphatic heterocycles. The van der Waals surface area contributed by atoms with Crippen molar-refractivity contribution in [3.63, 3.8) is 0 Å². The van der Waals surface area contributed by atoms with Crippen LogP contribution < -0.4 is 4.18 Å². The molecule has 12 heteroatoms. The van der Waals surface area contributed by atoms with Gasteiger partial charge in [-0.2, -0.15) is 26.7 Å². The van der Waals surface area contributed by atoms with E-state index in [1.807, 2.05) is 13.8 Å². The standard InChI is InChI=1S/C24H20F5N3O3S/c1-12-9-18(30-19(10-12)35-36(33,34)24(27,28)29)23-8-7-14(22(23,2)3)13-11-17(31-32-21(13)23)20-15(25)5-4-6-16(20)26/h4-6,9-11,14H,7-8H2,1-3H3/t14-,23-/m0/s1. The zero-order valence-electron chi connectivity index (χ0n) is 19.3. The van der Waals surface area contributed by atoms with E-state index in [2.05, 4.69) is 19.4 Å². The third-order valence-corrected chi connectivity index (χ3v) is 8.42. The second-order valence-electron chi connectivity index (χ2n) is 9.70. The first-order valence-electron chi connectivity index (χ1n) is 11.0. The first-order valence-corrected chi connectivity index (χ1v) is 12.4. The summed E-state index contributed by atoms with van der Waals surface area (Å²) in [7, 11) is -5.92. The minimum Gasteiger partial charge on any atom is -0.355 e. The van der Waals surface area contributed by atoms with Crippen LogP contribution in [0.1, 0.15) is 55.1 Å². The highest BCUT2D eigenvalue weighted by Gasteiger charge is 2.65. The van der Waals surface area contributed by atoms with E-state index in [9.17, 15) is 30.4 Å². The molecule has 190 valence electrons. The van der Waals surface area contributed by atoms with E-state index in [0.29, 0.717) is 35.4 Å². The maximum absolute atomic E-state index is 14.4. The number of alkyl halides is 3. The van der Waals surface area contributed by atoms with Crippen molar-refractivity contribution in [1.82, 2.24) is 15.2 Å². The Kier molecular flexibility index (Phi) is 5.23. The van der Waals surface area contributed by atoms with Gasteiger partial charge >= 0.3 is 15.6 Å². The molecule has 2 aliphatic rings.